The Balaban J connectivity index is 3.33. The first-order chi connectivity index (χ1) is 9.12. The van der Waals surface area contributed by atoms with Crippen LogP contribution in [0.4, 0.5) is 0 Å². The molecule has 5 heteroatoms. The predicted molar refractivity (Wildman–Crippen MR) is 82.9 cm³/mol. The molecule has 2 N–H and O–H groups in total. The summed E-state index contributed by atoms with van der Waals surface area (Å²) < 4.78 is 25.8. The largest absolute Gasteiger partial charge is 0.316 e. The number of sulfonamides is 1. The zero-order chi connectivity index (χ0) is 14.4. The molecule has 0 saturated carbocycles. The normalized spacial score (nSPS) is 11.9. The quantitative estimate of drug-likeness (QED) is 0.484. The summed E-state index contributed by atoms with van der Waals surface area (Å²) in [6.45, 7) is 6.13. The van der Waals surface area contributed by atoms with Crippen molar-refractivity contribution < 1.29 is 8.42 Å². The Kier molecular flexibility index (Phi) is 12.8. The van der Waals surface area contributed by atoms with Gasteiger partial charge >= 0.3 is 0 Å². The van der Waals surface area contributed by atoms with Crippen molar-refractivity contribution >= 4 is 10.0 Å². The van der Waals surface area contributed by atoms with Gasteiger partial charge in [0.1, 0.15) is 0 Å². The maximum Gasteiger partial charge on any atom is 0.212 e. The number of rotatable bonds is 14. The molecule has 0 rings (SSSR count). The molecule has 0 spiro atoms. The molecular formula is C14H32N2O2S. The zero-order valence-corrected chi connectivity index (χ0v) is 13.5. The van der Waals surface area contributed by atoms with Crippen LogP contribution < -0.4 is 10.0 Å². The van der Waals surface area contributed by atoms with E-state index in [0.29, 0.717) is 13.1 Å². The maximum atomic E-state index is 11.6. The van der Waals surface area contributed by atoms with Gasteiger partial charge in [0.2, 0.25) is 10.0 Å². The average Bonchev–Trinajstić information content (AvgIpc) is 2.37. The highest BCUT2D eigenvalue weighted by Gasteiger charge is 2.07. The lowest BCUT2D eigenvalue weighted by Crippen LogP contribution is -2.32. The van der Waals surface area contributed by atoms with Crippen LogP contribution in [0, 0.1) is 0 Å². The van der Waals surface area contributed by atoms with E-state index in [-0.39, 0.29) is 5.75 Å². The Morgan fingerprint density at radius 1 is 0.789 bits per heavy atom. The minimum atomic E-state index is -3.07. The van der Waals surface area contributed by atoms with Crippen LogP contribution in [-0.2, 0) is 10.0 Å². The van der Waals surface area contributed by atoms with E-state index in [1.54, 1.807) is 0 Å². The Morgan fingerprint density at radius 2 is 1.37 bits per heavy atom. The molecule has 0 aliphatic rings. The molecule has 0 aromatic heterocycles. The fourth-order valence-electron chi connectivity index (χ4n) is 1.94. The van der Waals surface area contributed by atoms with Gasteiger partial charge in [-0.2, -0.15) is 0 Å². The van der Waals surface area contributed by atoms with Gasteiger partial charge in [-0.25, -0.2) is 13.1 Å². The van der Waals surface area contributed by atoms with Crippen LogP contribution in [-0.4, -0.2) is 33.8 Å². The molecule has 0 aliphatic heterocycles. The highest BCUT2D eigenvalue weighted by molar-refractivity contribution is 7.89. The monoisotopic (exact) mass is 292 g/mol. The van der Waals surface area contributed by atoms with Crippen LogP contribution in [0.25, 0.3) is 0 Å². The van der Waals surface area contributed by atoms with Gasteiger partial charge in [0.15, 0.2) is 0 Å². The molecule has 19 heavy (non-hydrogen) atoms. The summed E-state index contributed by atoms with van der Waals surface area (Å²) in [4.78, 5) is 0. The molecular weight excluding hydrogens is 260 g/mol. The Morgan fingerprint density at radius 3 is 1.95 bits per heavy atom. The van der Waals surface area contributed by atoms with Gasteiger partial charge in [0.25, 0.3) is 0 Å². The summed E-state index contributed by atoms with van der Waals surface area (Å²) in [6, 6.07) is 0. The van der Waals surface area contributed by atoms with E-state index in [0.717, 1.165) is 19.4 Å². The van der Waals surface area contributed by atoms with Gasteiger partial charge in [-0.3, -0.25) is 0 Å². The minimum absolute atomic E-state index is 0.178. The van der Waals surface area contributed by atoms with Crippen LogP contribution in [0.15, 0.2) is 0 Å². The summed E-state index contributed by atoms with van der Waals surface area (Å²) in [6.07, 6.45) is 9.88. The number of nitrogens with one attached hydrogen (secondary N) is 2. The molecule has 0 aromatic rings. The molecule has 0 aromatic carbocycles. The first-order valence-corrected chi connectivity index (χ1v) is 9.45. The van der Waals surface area contributed by atoms with E-state index < -0.39 is 10.0 Å². The van der Waals surface area contributed by atoms with Gasteiger partial charge in [-0.15, -0.1) is 0 Å². The van der Waals surface area contributed by atoms with Gasteiger partial charge in [-0.1, -0.05) is 58.8 Å². The van der Waals surface area contributed by atoms with Crippen molar-refractivity contribution in [2.45, 2.75) is 65.2 Å². The van der Waals surface area contributed by atoms with E-state index >= 15 is 0 Å². The summed E-state index contributed by atoms with van der Waals surface area (Å²) in [7, 11) is -3.07. The average molecular weight is 292 g/mol. The van der Waals surface area contributed by atoms with Crippen molar-refractivity contribution in [3.63, 3.8) is 0 Å². The zero-order valence-electron chi connectivity index (χ0n) is 12.7. The highest BCUT2D eigenvalue weighted by atomic mass is 32.2. The van der Waals surface area contributed by atoms with Crippen molar-refractivity contribution in [2.24, 2.45) is 0 Å². The van der Waals surface area contributed by atoms with Gasteiger partial charge in [0, 0.05) is 13.1 Å². The third kappa shape index (κ3) is 14.1. The molecule has 0 atom stereocenters. The van der Waals surface area contributed by atoms with Gasteiger partial charge in [0.05, 0.1) is 5.75 Å². The van der Waals surface area contributed by atoms with Crippen molar-refractivity contribution in [2.75, 3.05) is 25.4 Å². The molecule has 0 fully saturated rings. The van der Waals surface area contributed by atoms with Crippen LogP contribution >= 0.6 is 0 Å². The van der Waals surface area contributed by atoms with Crippen molar-refractivity contribution in [3.05, 3.63) is 0 Å². The molecule has 0 bridgehead atoms. The molecule has 0 heterocycles. The van der Waals surface area contributed by atoms with Gasteiger partial charge < -0.3 is 5.32 Å². The molecule has 4 nitrogen and oxygen atoms in total. The molecule has 0 saturated heterocycles. The topological polar surface area (TPSA) is 58.2 Å². The lowest BCUT2D eigenvalue weighted by Gasteiger charge is -2.07. The number of unbranched alkanes of at least 4 members (excludes halogenated alkanes) is 7. The molecule has 0 aliphatic carbocycles. The smallest absolute Gasteiger partial charge is 0.212 e. The fourth-order valence-corrected chi connectivity index (χ4v) is 2.95. The van der Waals surface area contributed by atoms with Crippen LogP contribution in [0.3, 0.4) is 0 Å². The van der Waals surface area contributed by atoms with Crippen LogP contribution in [0.5, 0.6) is 0 Å². The highest BCUT2D eigenvalue weighted by Crippen LogP contribution is 2.07. The number of hydrogen-bond acceptors (Lipinski definition) is 3. The lowest BCUT2D eigenvalue weighted by atomic mass is 10.1. The van der Waals surface area contributed by atoms with Crippen LogP contribution in [0.1, 0.15) is 65.2 Å². The molecule has 0 unspecified atom stereocenters. The summed E-state index contributed by atoms with van der Waals surface area (Å²) in [5.41, 5.74) is 0. The molecule has 116 valence electrons. The first-order valence-electron chi connectivity index (χ1n) is 7.80. The second-order valence-corrected chi connectivity index (χ2v) is 6.97. The van der Waals surface area contributed by atoms with E-state index in [4.69, 9.17) is 0 Å². The Bertz CT molecular complexity index is 279. The molecule has 0 amide bonds. The standard InChI is InChI=1S/C14H32N2O2S/c1-3-5-6-7-8-9-10-11-12-16-19(17,18)14-13-15-4-2/h15-16H,3-14H2,1-2H3. The van der Waals surface area contributed by atoms with Crippen LogP contribution in [0.2, 0.25) is 0 Å². The second-order valence-electron chi connectivity index (χ2n) is 5.04. The van der Waals surface area contributed by atoms with Crippen molar-refractivity contribution in [1.82, 2.24) is 10.0 Å². The number of hydrogen-bond donors (Lipinski definition) is 2. The Labute approximate surface area is 119 Å². The summed E-state index contributed by atoms with van der Waals surface area (Å²) in [5, 5.41) is 3.02. The van der Waals surface area contributed by atoms with E-state index in [1.807, 2.05) is 6.92 Å². The molecule has 0 radical (unpaired) electrons. The van der Waals surface area contributed by atoms with E-state index in [2.05, 4.69) is 17.0 Å². The van der Waals surface area contributed by atoms with E-state index in [1.165, 1.54) is 38.5 Å². The first kappa shape index (κ1) is 18.9. The predicted octanol–water partition coefficient (Wildman–Crippen LogP) is 2.66. The fraction of sp³-hybridized carbons (Fsp3) is 1.00. The van der Waals surface area contributed by atoms with Gasteiger partial charge in [-0.05, 0) is 13.0 Å². The van der Waals surface area contributed by atoms with E-state index in [9.17, 15) is 8.42 Å². The Hall–Kier alpha value is -0.130. The minimum Gasteiger partial charge on any atom is -0.316 e. The third-order valence-corrected chi connectivity index (χ3v) is 4.54. The van der Waals surface area contributed by atoms with Crippen molar-refractivity contribution in [3.8, 4) is 0 Å². The summed E-state index contributed by atoms with van der Waals surface area (Å²) >= 11 is 0. The maximum absolute atomic E-state index is 11.6. The van der Waals surface area contributed by atoms with Crippen molar-refractivity contribution in [1.29, 1.82) is 0 Å². The third-order valence-electron chi connectivity index (χ3n) is 3.15. The lowest BCUT2D eigenvalue weighted by molar-refractivity contribution is 0.557. The SMILES string of the molecule is CCCCCCCCCCNS(=O)(=O)CCNCC. The second kappa shape index (κ2) is 12.9. The summed E-state index contributed by atoms with van der Waals surface area (Å²) in [5.74, 6) is 0.178.